The second-order valence-corrected chi connectivity index (χ2v) is 8.99. The molecule has 0 aliphatic carbocycles. The number of aryl methyl sites for hydroxylation is 1. The first-order chi connectivity index (χ1) is 18.4. The van der Waals surface area contributed by atoms with Gasteiger partial charge in [0, 0.05) is 18.9 Å². The number of carbonyl (C=O) groups excluding carboxylic acids is 3. The molecule has 3 aromatic rings. The van der Waals surface area contributed by atoms with Crippen molar-refractivity contribution in [3.63, 3.8) is 0 Å². The van der Waals surface area contributed by atoms with E-state index in [9.17, 15) is 14.4 Å². The van der Waals surface area contributed by atoms with E-state index < -0.39 is 11.9 Å². The maximum atomic E-state index is 12.5. The molecule has 0 radical (unpaired) electrons. The average Bonchev–Trinajstić information content (AvgIpc) is 2.93. The van der Waals surface area contributed by atoms with Crippen molar-refractivity contribution in [2.75, 3.05) is 19.8 Å². The summed E-state index contributed by atoms with van der Waals surface area (Å²) >= 11 is 0. The molecule has 200 valence electrons. The summed E-state index contributed by atoms with van der Waals surface area (Å²) in [6.07, 6.45) is 2.19. The number of hydrogen-bond acceptors (Lipinski definition) is 7. The van der Waals surface area contributed by atoms with E-state index in [0.29, 0.717) is 54.6 Å². The third-order valence-corrected chi connectivity index (χ3v) is 5.84. The van der Waals surface area contributed by atoms with Crippen LogP contribution in [0.1, 0.15) is 59.4 Å². The summed E-state index contributed by atoms with van der Waals surface area (Å²) in [5.74, 6) is 0.537. The van der Waals surface area contributed by atoms with E-state index in [1.54, 1.807) is 60.7 Å². The van der Waals surface area contributed by atoms with Crippen LogP contribution in [0.25, 0.3) is 0 Å². The van der Waals surface area contributed by atoms with E-state index in [0.717, 1.165) is 18.4 Å². The smallest absolute Gasteiger partial charge is 0.343 e. The number of Topliss-reactive ketones (excluding diaryl/α,β-unsaturated/α-hetero) is 1. The average molecular weight is 519 g/mol. The fourth-order valence-corrected chi connectivity index (χ4v) is 3.48. The van der Waals surface area contributed by atoms with Crippen LogP contribution in [0, 0.1) is 12.8 Å². The van der Waals surface area contributed by atoms with Crippen LogP contribution in [-0.2, 0) is 9.53 Å². The van der Waals surface area contributed by atoms with Gasteiger partial charge in [-0.1, -0.05) is 31.5 Å². The molecule has 3 aromatic carbocycles. The minimum Gasteiger partial charge on any atom is -0.494 e. The quantitative estimate of drug-likeness (QED) is 0.142. The topological polar surface area (TPSA) is 88.1 Å². The van der Waals surface area contributed by atoms with Crippen molar-refractivity contribution in [2.24, 2.45) is 5.92 Å². The highest BCUT2D eigenvalue weighted by atomic mass is 16.5. The van der Waals surface area contributed by atoms with Gasteiger partial charge in [-0.2, -0.15) is 0 Å². The zero-order chi connectivity index (χ0) is 27.3. The van der Waals surface area contributed by atoms with Gasteiger partial charge in [0.25, 0.3) is 0 Å². The van der Waals surface area contributed by atoms with Crippen molar-refractivity contribution in [3.05, 3.63) is 89.5 Å². The Morgan fingerprint density at radius 1 is 0.684 bits per heavy atom. The summed E-state index contributed by atoms with van der Waals surface area (Å²) in [5.41, 5.74) is 1.90. The lowest BCUT2D eigenvalue weighted by molar-refractivity contribution is -0.123. The maximum Gasteiger partial charge on any atom is 0.343 e. The normalized spacial score (nSPS) is 11.4. The molecule has 0 fully saturated rings. The molecule has 7 nitrogen and oxygen atoms in total. The molecule has 0 aliphatic heterocycles. The van der Waals surface area contributed by atoms with Crippen LogP contribution in [0.15, 0.2) is 72.8 Å². The number of rotatable bonds is 14. The van der Waals surface area contributed by atoms with Gasteiger partial charge < -0.3 is 18.9 Å². The van der Waals surface area contributed by atoms with E-state index >= 15 is 0 Å². The highest BCUT2D eigenvalue weighted by Crippen LogP contribution is 2.21. The number of benzene rings is 3. The van der Waals surface area contributed by atoms with Gasteiger partial charge in [0.15, 0.2) is 0 Å². The molecule has 1 unspecified atom stereocenters. The van der Waals surface area contributed by atoms with Gasteiger partial charge in [-0.05, 0) is 80.4 Å². The number of hydrogen-bond donors (Lipinski definition) is 0. The summed E-state index contributed by atoms with van der Waals surface area (Å²) in [4.78, 5) is 36.3. The van der Waals surface area contributed by atoms with E-state index in [1.165, 1.54) is 0 Å². The highest BCUT2D eigenvalue weighted by molar-refractivity contribution is 5.92. The molecule has 0 N–H and O–H groups in total. The van der Waals surface area contributed by atoms with E-state index in [-0.39, 0.29) is 11.7 Å². The van der Waals surface area contributed by atoms with Gasteiger partial charge in [-0.3, -0.25) is 4.79 Å². The molecule has 7 heteroatoms. The molecule has 0 saturated heterocycles. The zero-order valence-corrected chi connectivity index (χ0v) is 22.1. The monoisotopic (exact) mass is 518 g/mol. The van der Waals surface area contributed by atoms with Crippen LogP contribution in [0.3, 0.4) is 0 Å². The van der Waals surface area contributed by atoms with Gasteiger partial charge in [0.2, 0.25) is 0 Å². The molecule has 3 rings (SSSR count). The fraction of sp³-hybridized carbons (Fsp3) is 0.323. The Morgan fingerprint density at radius 3 is 1.68 bits per heavy atom. The number of ketones is 1. The van der Waals surface area contributed by atoms with Crippen LogP contribution in [0.4, 0.5) is 0 Å². The van der Waals surface area contributed by atoms with Gasteiger partial charge >= 0.3 is 11.9 Å². The van der Waals surface area contributed by atoms with Crippen molar-refractivity contribution < 1.29 is 33.3 Å². The SMILES string of the molecule is CCC(=O)C(C)COCCCCOc1ccc(C(=O)Oc2ccc(OC(=O)c3ccc(C)cc3)cc2)cc1. The standard InChI is InChI=1S/C31H34O7/c1-4-29(32)23(3)21-35-19-5-6-20-36-26-13-11-25(12-14-26)31(34)38-28-17-15-27(16-18-28)37-30(33)24-9-7-22(2)8-10-24/h7-18,23H,4-6,19-21H2,1-3H3. The van der Waals surface area contributed by atoms with Gasteiger partial charge in [-0.15, -0.1) is 0 Å². The Balaban J connectivity index is 1.37. The number of unbranched alkanes of at least 4 members (excludes halogenated alkanes) is 1. The van der Waals surface area contributed by atoms with Crippen molar-refractivity contribution in [1.82, 2.24) is 0 Å². The third kappa shape index (κ3) is 9.16. The lowest BCUT2D eigenvalue weighted by Gasteiger charge is -2.10. The summed E-state index contributed by atoms with van der Waals surface area (Å²) in [7, 11) is 0. The zero-order valence-electron chi connectivity index (χ0n) is 22.1. The van der Waals surface area contributed by atoms with Crippen LogP contribution in [-0.4, -0.2) is 37.5 Å². The van der Waals surface area contributed by atoms with E-state index in [1.807, 2.05) is 32.9 Å². The number of carbonyl (C=O) groups is 3. The first-order valence-electron chi connectivity index (χ1n) is 12.8. The van der Waals surface area contributed by atoms with Crippen molar-refractivity contribution >= 4 is 17.7 Å². The third-order valence-electron chi connectivity index (χ3n) is 5.84. The largest absolute Gasteiger partial charge is 0.494 e. The van der Waals surface area contributed by atoms with Gasteiger partial charge in [-0.25, -0.2) is 9.59 Å². The first-order valence-corrected chi connectivity index (χ1v) is 12.8. The van der Waals surface area contributed by atoms with E-state index in [4.69, 9.17) is 18.9 Å². The Kier molecular flexibility index (Phi) is 11.1. The minimum absolute atomic E-state index is 0.0603. The molecular weight excluding hydrogens is 484 g/mol. The number of esters is 2. The maximum absolute atomic E-state index is 12.5. The van der Waals surface area contributed by atoms with Crippen LogP contribution in [0.2, 0.25) is 0 Å². The Labute approximate surface area is 223 Å². The van der Waals surface area contributed by atoms with Crippen LogP contribution >= 0.6 is 0 Å². The predicted octanol–water partition coefficient (Wildman–Crippen LogP) is 6.22. The molecular formula is C31H34O7. The lowest BCUT2D eigenvalue weighted by atomic mass is 10.1. The molecule has 0 aliphatic rings. The molecule has 0 saturated carbocycles. The molecule has 1 atom stereocenters. The molecule has 0 bridgehead atoms. The van der Waals surface area contributed by atoms with Crippen LogP contribution < -0.4 is 14.2 Å². The highest BCUT2D eigenvalue weighted by Gasteiger charge is 2.12. The summed E-state index contributed by atoms with van der Waals surface area (Å²) in [6.45, 7) is 7.26. The summed E-state index contributed by atoms with van der Waals surface area (Å²) < 4.78 is 22.1. The minimum atomic E-state index is -0.506. The molecule has 0 amide bonds. The van der Waals surface area contributed by atoms with Crippen LogP contribution in [0.5, 0.6) is 17.2 Å². The molecule has 38 heavy (non-hydrogen) atoms. The second kappa shape index (κ2) is 14.7. The summed E-state index contributed by atoms with van der Waals surface area (Å²) in [6, 6.07) is 20.1. The predicted molar refractivity (Wildman–Crippen MR) is 144 cm³/mol. The summed E-state index contributed by atoms with van der Waals surface area (Å²) in [5, 5.41) is 0. The Hall–Kier alpha value is -3.97. The Bertz CT molecular complexity index is 1180. The molecule has 0 aromatic heterocycles. The Morgan fingerprint density at radius 2 is 1.16 bits per heavy atom. The van der Waals surface area contributed by atoms with Gasteiger partial charge in [0.05, 0.1) is 24.3 Å². The van der Waals surface area contributed by atoms with Crippen molar-refractivity contribution in [1.29, 1.82) is 0 Å². The van der Waals surface area contributed by atoms with Gasteiger partial charge in [0.1, 0.15) is 23.0 Å². The fourth-order valence-electron chi connectivity index (χ4n) is 3.48. The molecule has 0 spiro atoms. The lowest BCUT2D eigenvalue weighted by Crippen LogP contribution is -2.16. The van der Waals surface area contributed by atoms with Crippen molar-refractivity contribution in [3.8, 4) is 17.2 Å². The molecule has 0 heterocycles. The first kappa shape index (κ1) is 28.6. The second-order valence-electron chi connectivity index (χ2n) is 8.99. The van der Waals surface area contributed by atoms with Crippen molar-refractivity contribution in [2.45, 2.75) is 40.0 Å². The number of ether oxygens (including phenoxy) is 4. The van der Waals surface area contributed by atoms with E-state index in [2.05, 4.69) is 0 Å².